The van der Waals surface area contributed by atoms with E-state index < -0.39 is 0 Å². The normalized spacial score (nSPS) is 11.0. The second-order valence-electron chi connectivity index (χ2n) is 11.2. The zero-order valence-corrected chi connectivity index (χ0v) is 26.1. The fraction of sp³-hybridized carbons (Fsp3) is 1.00. The minimum Gasteiger partial charge on any atom is -0.127 e. The molecule has 0 fully saturated rings. The molecule has 0 saturated carbocycles. The van der Waals surface area contributed by atoms with Crippen LogP contribution in [-0.4, -0.2) is 5.88 Å². The first-order valence-electron chi connectivity index (χ1n) is 16.9. The van der Waals surface area contributed by atoms with Gasteiger partial charge in [-0.3, -0.25) is 0 Å². The second-order valence-corrected chi connectivity index (χ2v) is 11.6. The molecule has 0 unspecified atom stereocenters. The fourth-order valence-corrected chi connectivity index (χ4v) is 5.10. The van der Waals surface area contributed by atoms with Crippen molar-refractivity contribution in [3.8, 4) is 0 Å². The molecule has 0 aromatic heterocycles. The first-order chi connectivity index (χ1) is 17.3. The molecule has 0 bridgehead atoms. The van der Waals surface area contributed by atoms with Gasteiger partial charge in [-0.25, -0.2) is 0 Å². The summed E-state index contributed by atoms with van der Waals surface area (Å²) in [5, 5.41) is 0. The lowest BCUT2D eigenvalue weighted by atomic mass is 10.0. The quantitative estimate of drug-likeness (QED) is 0.0687. The SMILES string of the molecule is CCCCCCCCCCCCCCCCCCCCCCCCCCCCC.CCCCCCl. The number of alkyl halides is 1. The lowest BCUT2D eigenvalue weighted by molar-refractivity contribution is 0.515. The van der Waals surface area contributed by atoms with E-state index in [4.69, 9.17) is 11.6 Å². The predicted octanol–water partition coefficient (Wildman–Crippen LogP) is 14.0. The third-order valence-electron chi connectivity index (χ3n) is 7.44. The molecule has 0 spiro atoms. The Kier molecular flexibility index (Phi) is 41.5. The minimum absolute atomic E-state index is 0.827. The van der Waals surface area contributed by atoms with Gasteiger partial charge < -0.3 is 0 Å². The summed E-state index contributed by atoms with van der Waals surface area (Å²) in [5.41, 5.74) is 0. The van der Waals surface area contributed by atoms with E-state index in [1.54, 1.807) is 0 Å². The van der Waals surface area contributed by atoms with E-state index in [9.17, 15) is 0 Å². The highest BCUT2D eigenvalue weighted by Crippen LogP contribution is 2.16. The van der Waals surface area contributed by atoms with Crippen LogP contribution in [0.1, 0.15) is 213 Å². The van der Waals surface area contributed by atoms with Crippen LogP contribution in [0.25, 0.3) is 0 Å². The molecule has 1 heteroatoms. The number of rotatable bonds is 29. The molecule has 0 aliphatic carbocycles. The minimum atomic E-state index is 0.827. The molecule has 0 amide bonds. The second kappa shape index (κ2) is 38.8. The number of hydrogen-bond acceptors (Lipinski definition) is 0. The summed E-state index contributed by atoms with van der Waals surface area (Å²) in [7, 11) is 0. The van der Waals surface area contributed by atoms with Crippen molar-refractivity contribution in [1.29, 1.82) is 0 Å². The van der Waals surface area contributed by atoms with Crippen LogP contribution in [0.3, 0.4) is 0 Å². The van der Waals surface area contributed by atoms with Crippen LogP contribution < -0.4 is 0 Å². The number of hydrogen-bond donors (Lipinski definition) is 0. The van der Waals surface area contributed by atoms with Crippen molar-refractivity contribution < 1.29 is 0 Å². The fourth-order valence-electron chi connectivity index (χ4n) is 4.91. The van der Waals surface area contributed by atoms with Gasteiger partial charge >= 0.3 is 0 Å². The van der Waals surface area contributed by atoms with Crippen LogP contribution >= 0.6 is 11.6 Å². The van der Waals surface area contributed by atoms with Crippen LogP contribution in [0.2, 0.25) is 0 Å². The third kappa shape index (κ3) is 41.7. The average molecular weight is 515 g/mol. The van der Waals surface area contributed by atoms with Crippen LogP contribution in [0.4, 0.5) is 0 Å². The van der Waals surface area contributed by atoms with E-state index in [-0.39, 0.29) is 0 Å². The highest BCUT2D eigenvalue weighted by Gasteiger charge is 1.96. The van der Waals surface area contributed by atoms with Crippen LogP contribution in [0.5, 0.6) is 0 Å². The van der Waals surface area contributed by atoms with E-state index in [2.05, 4.69) is 20.8 Å². The molecule has 0 aliphatic heterocycles. The molecule has 35 heavy (non-hydrogen) atoms. The smallest absolute Gasteiger partial charge is 0.0223 e. The van der Waals surface area contributed by atoms with Gasteiger partial charge in [0, 0.05) is 5.88 Å². The van der Waals surface area contributed by atoms with Crippen molar-refractivity contribution in [2.75, 3.05) is 5.88 Å². The largest absolute Gasteiger partial charge is 0.127 e. The molecule has 0 N–H and O–H groups in total. The van der Waals surface area contributed by atoms with Gasteiger partial charge in [-0.15, -0.1) is 11.6 Å². The van der Waals surface area contributed by atoms with Gasteiger partial charge in [0.2, 0.25) is 0 Å². The van der Waals surface area contributed by atoms with Crippen molar-refractivity contribution in [2.24, 2.45) is 0 Å². The Hall–Kier alpha value is 0.290. The maximum absolute atomic E-state index is 5.38. The topological polar surface area (TPSA) is 0 Å². The Morgan fingerprint density at radius 1 is 0.229 bits per heavy atom. The molecule has 0 aromatic rings. The first kappa shape index (κ1) is 37.4. The van der Waals surface area contributed by atoms with Crippen molar-refractivity contribution in [1.82, 2.24) is 0 Å². The Bertz CT molecular complexity index is 284. The van der Waals surface area contributed by atoms with Crippen LogP contribution in [-0.2, 0) is 0 Å². The lowest BCUT2D eigenvalue weighted by Crippen LogP contribution is -1.84. The molecule has 0 atom stereocenters. The van der Waals surface area contributed by atoms with E-state index in [1.807, 2.05) is 0 Å². The Morgan fingerprint density at radius 2 is 0.371 bits per heavy atom. The molecule has 0 rings (SSSR count). The highest BCUT2D eigenvalue weighted by molar-refractivity contribution is 6.17. The molecule has 0 aliphatic rings. The van der Waals surface area contributed by atoms with Crippen LogP contribution in [0.15, 0.2) is 0 Å². The van der Waals surface area contributed by atoms with Crippen molar-refractivity contribution in [3.05, 3.63) is 0 Å². The molecule has 214 valence electrons. The summed E-state index contributed by atoms with van der Waals surface area (Å²) in [4.78, 5) is 0. The van der Waals surface area contributed by atoms with Gasteiger partial charge in [-0.05, 0) is 6.42 Å². The van der Waals surface area contributed by atoms with Crippen LogP contribution in [0, 0.1) is 0 Å². The summed E-state index contributed by atoms with van der Waals surface area (Å²) >= 11 is 5.38. The molecule has 0 heterocycles. The van der Waals surface area contributed by atoms with Gasteiger partial charge in [-0.1, -0.05) is 207 Å². The van der Waals surface area contributed by atoms with E-state index >= 15 is 0 Å². The molecule has 0 nitrogen and oxygen atoms in total. The molecule has 0 aromatic carbocycles. The third-order valence-corrected chi connectivity index (χ3v) is 7.71. The zero-order chi connectivity index (χ0) is 25.9. The van der Waals surface area contributed by atoms with Gasteiger partial charge in [0.05, 0.1) is 0 Å². The van der Waals surface area contributed by atoms with E-state index in [0.717, 1.165) is 5.88 Å². The Labute approximate surface area is 230 Å². The zero-order valence-electron chi connectivity index (χ0n) is 25.3. The van der Waals surface area contributed by atoms with Gasteiger partial charge in [0.15, 0.2) is 0 Å². The summed E-state index contributed by atoms with van der Waals surface area (Å²) in [5.74, 6) is 0.827. The standard InChI is InChI=1S/C29H60.C5H11Cl/c1-3-5-7-9-11-13-15-17-19-21-23-25-27-29-28-26-24-22-20-18-16-14-12-10-8-6-4-2;1-2-3-4-5-6/h3-29H2,1-2H3;2-5H2,1H3. The number of unbranched alkanes of at least 4 members (excludes halogenated alkanes) is 28. The van der Waals surface area contributed by atoms with Crippen molar-refractivity contribution >= 4 is 11.6 Å². The average Bonchev–Trinajstić information content (AvgIpc) is 2.88. The summed E-state index contributed by atoms with van der Waals surface area (Å²) in [6.45, 7) is 6.78. The Morgan fingerprint density at radius 3 is 0.486 bits per heavy atom. The molecular formula is C34H71Cl. The van der Waals surface area contributed by atoms with E-state index in [1.165, 1.54) is 193 Å². The summed E-state index contributed by atoms with van der Waals surface area (Å²) < 4.78 is 0. The van der Waals surface area contributed by atoms with Gasteiger partial charge in [-0.2, -0.15) is 0 Å². The highest BCUT2D eigenvalue weighted by atomic mass is 35.5. The summed E-state index contributed by atoms with van der Waals surface area (Å²) in [6.07, 6.45) is 43.6. The number of halogens is 1. The molecule has 0 saturated heterocycles. The summed E-state index contributed by atoms with van der Waals surface area (Å²) in [6, 6.07) is 0. The van der Waals surface area contributed by atoms with Gasteiger partial charge in [0.25, 0.3) is 0 Å². The predicted molar refractivity (Wildman–Crippen MR) is 166 cm³/mol. The van der Waals surface area contributed by atoms with Crippen molar-refractivity contribution in [3.63, 3.8) is 0 Å². The lowest BCUT2D eigenvalue weighted by Gasteiger charge is -2.04. The molecule has 0 radical (unpaired) electrons. The maximum Gasteiger partial charge on any atom is 0.0223 e. The van der Waals surface area contributed by atoms with Crippen molar-refractivity contribution in [2.45, 2.75) is 213 Å². The Balaban J connectivity index is 0. The molecular weight excluding hydrogens is 444 g/mol. The van der Waals surface area contributed by atoms with Gasteiger partial charge in [0.1, 0.15) is 0 Å². The maximum atomic E-state index is 5.38. The first-order valence-corrected chi connectivity index (χ1v) is 17.4. The van der Waals surface area contributed by atoms with E-state index in [0.29, 0.717) is 0 Å². The monoisotopic (exact) mass is 515 g/mol.